The van der Waals surface area contributed by atoms with Crippen LogP contribution in [-0.4, -0.2) is 5.60 Å². The monoisotopic (exact) mass is 162 g/mol. The van der Waals surface area contributed by atoms with Crippen LogP contribution in [0.4, 0.5) is 0 Å². The molecule has 12 heavy (non-hydrogen) atoms. The Bertz CT molecular complexity index is 270. The molecule has 1 aliphatic carbocycles. The van der Waals surface area contributed by atoms with Crippen LogP contribution >= 0.6 is 0 Å². The average Bonchev–Trinajstić information content (AvgIpc) is 2.74. The molecule has 1 aliphatic rings. The highest BCUT2D eigenvalue weighted by Gasteiger charge is 2.39. The lowest BCUT2D eigenvalue weighted by Crippen LogP contribution is -2.11. The maximum absolute atomic E-state index is 5.77. The average molecular weight is 162 g/mol. The van der Waals surface area contributed by atoms with Gasteiger partial charge in [0.1, 0.15) is 11.4 Å². The number of hydrogen-bond donors (Lipinski definition) is 0. The molecular formula is C11H14O. The molecule has 0 N–H and O–H groups in total. The lowest BCUT2D eigenvalue weighted by molar-refractivity contribution is 0.200. The van der Waals surface area contributed by atoms with E-state index in [1.54, 1.807) is 0 Å². The second-order valence-corrected chi connectivity index (χ2v) is 3.87. The van der Waals surface area contributed by atoms with Crippen molar-refractivity contribution in [3.05, 3.63) is 29.8 Å². The summed E-state index contributed by atoms with van der Waals surface area (Å²) in [7, 11) is 0. The Morgan fingerprint density at radius 1 is 1.17 bits per heavy atom. The third kappa shape index (κ3) is 1.60. The summed E-state index contributed by atoms with van der Waals surface area (Å²) in [4.78, 5) is 0. The van der Waals surface area contributed by atoms with Gasteiger partial charge in [0.2, 0.25) is 0 Å². The van der Waals surface area contributed by atoms with Gasteiger partial charge in [-0.25, -0.2) is 0 Å². The van der Waals surface area contributed by atoms with E-state index in [-0.39, 0.29) is 5.60 Å². The minimum Gasteiger partial charge on any atom is -0.488 e. The van der Waals surface area contributed by atoms with E-state index in [0.29, 0.717) is 0 Å². The summed E-state index contributed by atoms with van der Waals surface area (Å²) in [6.07, 6.45) is 2.39. The molecule has 2 rings (SSSR count). The largest absolute Gasteiger partial charge is 0.488 e. The standard InChI is InChI=1S/C11H14O/c1-9-3-5-10(6-4-9)12-11(2)7-8-11/h3-6H,7-8H2,1-2H3. The maximum atomic E-state index is 5.77. The topological polar surface area (TPSA) is 9.23 Å². The number of rotatable bonds is 2. The third-order valence-electron chi connectivity index (χ3n) is 2.34. The molecule has 64 valence electrons. The Balaban J connectivity index is 2.08. The Kier molecular flexibility index (Phi) is 1.60. The molecule has 0 bridgehead atoms. The van der Waals surface area contributed by atoms with Crippen LogP contribution in [0.15, 0.2) is 24.3 Å². The molecular weight excluding hydrogens is 148 g/mol. The molecule has 1 aromatic carbocycles. The zero-order valence-corrected chi connectivity index (χ0v) is 7.63. The van der Waals surface area contributed by atoms with Crippen molar-refractivity contribution in [2.75, 3.05) is 0 Å². The van der Waals surface area contributed by atoms with E-state index in [9.17, 15) is 0 Å². The number of ether oxygens (including phenoxy) is 1. The predicted octanol–water partition coefficient (Wildman–Crippen LogP) is 2.93. The van der Waals surface area contributed by atoms with Crippen LogP contribution in [0.5, 0.6) is 5.75 Å². The minimum atomic E-state index is 0.148. The van der Waals surface area contributed by atoms with Gasteiger partial charge in [-0.05, 0) is 38.8 Å². The highest BCUT2D eigenvalue weighted by atomic mass is 16.5. The first-order valence-corrected chi connectivity index (χ1v) is 4.44. The van der Waals surface area contributed by atoms with Gasteiger partial charge in [0.05, 0.1) is 0 Å². The van der Waals surface area contributed by atoms with Crippen LogP contribution in [0.25, 0.3) is 0 Å². The first-order valence-electron chi connectivity index (χ1n) is 4.44. The van der Waals surface area contributed by atoms with Crippen molar-refractivity contribution in [1.82, 2.24) is 0 Å². The SMILES string of the molecule is Cc1ccc(OC2(C)CC2)cc1. The molecule has 0 atom stereocenters. The van der Waals surface area contributed by atoms with Gasteiger partial charge in [-0.1, -0.05) is 17.7 Å². The van der Waals surface area contributed by atoms with E-state index >= 15 is 0 Å². The van der Waals surface area contributed by atoms with Crippen molar-refractivity contribution in [3.8, 4) is 5.75 Å². The summed E-state index contributed by atoms with van der Waals surface area (Å²) < 4.78 is 5.77. The summed E-state index contributed by atoms with van der Waals surface area (Å²) >= 11 is 0. The Labute approximate surface area is 73.4 Å². The minimum absolute atomic E-state index is 0.148. The van der Waals surface area contributed by atoms with Crippen molar-refractivity contribution < 1.29 is 4.74 Å². The van der Waals surface area contributed by atoms with Crippen LogP contribution in [0.3, 0.4) is 0 Å². The Morgan fingerprint density at radius 3 is 2.25 bits per heavy atom. The van der Waals surface area contributed by atoms with E-state index in [1.165, 1.54) is 18.4 Å². The molecule has 1 aromatic rings. The summed E-state index contributed by atoms with van der Waals surface area (Å²) in [5.74, 6) is 1.00. The first kappa shape index (κ1) is 7.66. The second kappa shape index (κ2) is 2.51. The van der Waals surface area contributed by atoms with Crippen LogP contribution in [0.2, 0.25) is 0 Å². The highest BCUT2D eigenvalue weighted by molar-refractivity contribution is 5.27. The van der Waals surface area contributed by atoms with Gasteiger partial charge in [0.25, 0.3) is 0 Å². The van der Waals surface area contributed by atoms with Crippen molar-refractivity contribution in [1.29, 1.82) is 0 Å². The molecule has 1 saturated carbocycles. The van der Waals surface area contributed by atoms with E-state index in [0.717, 1.165) is 5.75 Å². The van der Waals surface area contributed by atoms with Crippen LogP contribution in [0.1, 0.15) is 25.3 Å². The van der Waals surface area contributed by atoms with Gasteiger partial charge in [0, 0.05) is 0 Å². The van der Waals surface area contributed by atoms with E-state index in [1.807, 2.05) is 12.1 Å². The summed E-state index contributed by atoms with van der Waals surface area (Å²) in [5, 5.41) is 0. The van der Waals surface area contributed by atoms with Crippen molar-refractivity contribution in [2.45, 2.75) is 32.3 Å². The second-order valence-electron chi connectivity index (χ2n) is 3.87. The van der Waals surface area contributed by atoms with E-state index in [2.05, 4.69) is 26.0 Å². The van der Waals surface area contributed by atoms with Crippen molar-refractivity contribution in [2.24, 2.45) is 0 Å². The molecule has 1 heteroatoms. The summed E-state index contributed by atoms with van der Waals surface area (Å²) in [6.45, 7) is 4.25. The van der Waals surface area contributed by atoms with Gasteiger partial charge in [-0.2, -0.15) is 0 Å². The normalized spacial score (nSPS) is 18.8. The summed E-state index contributed by atoms with van der Waals surface area (Å²) in [5.41, 5.74) is 1.43. The number of benzene rings is 1. The Hall–Kier alpha value is -0.980. The first-order chi connectivity index (χ1) is 5.68. The fraction of sp³-hybridized carbons (Fsp3) is 0.455. The highest BCUT2D eigenvalue weighted by Crippen LogP contribution is 2.39. The number of aryl methyl sites for hydroxylation is 1. The van der Waals surface area contributed by atoms with Gasteiger partial charge >= 0.3 is 0 Å². The quantitative estimate of drug-likeness (QED) is 0.649. The van der Waals surface area contributed by atoms with Crippen molar-refractivity contribution in [3.63, 3.8) is 0 Å². The van der Waals surface area contributed by atoms with Crippen LogP contribution in [0, 0.1) is 6.92 Å². The summed E-state index contributed by atoms with van der Waals surface area (Å²) in [6, 6.07) is 8.25. The zero-order chi connectivity index (χ0) is 8.60. The zero-order valence-electron chi connectivity index (χ0n) is 7.63. The number of hydrogen-bond acceptors (Lipinski definition) is 1. The van der Waals surface area contributed by atoms with E-state index < -0.39 is 0 Å². The van der Waals surface area contributed by atoms with Gasteiger partial charge in [-0.3, -0.25) is 0 Å². The third-order valence-corrected chi connectivity index (χ3v) is 2.34. The lowest BCUT2D eigenvalue weighted by atomic mass is 10.2. The molecule has 0 unspecified atom stereocenters. The molecule has 0 saturated heterocycles. The van der Waals surface area contributed by atoms with Gasteiger partial charge in [0.15, 0.2) is 0 Å². The molecule has 1 nitrogen and oxygen atoms in total. The van der Waals surface area contributed by atoms with Crippen LogP contribution < -0.4 is 4.74 Å². The molecule has 0 spiro atoms. The molecule has 0 radical (unpaired) electrons. The lowest BCUT2D eigenvalue weighted by Gasteiger charge is -2.12. The molecule has 0 amide bonds. The molecule has 0 aliphatic heterocycles. The maximum Gasteiger partial charge on any atom is 0.120 e. The molecule has 0 aromatic heterocycles. The molecule has 1 fully saturated rings. The van der Waals surface area contributed by atoms with Gasteiger partial charge < -0.3 is 4.74 Å². The van der Waals surface area contributed by atoms with Crippen molar-refractivity contribution >= 4 is 0 Å². The Morgan fingerprint density at radius 2 is 1.75 bits per heavy atom. The fourth-order valence-corrected chi connectivity index (χ4v) is 1.17. The van der Waals surface area contributed by atoms with Gasteiger partial charge in [-0.15, -0.1) is 0 Å². The van der Waals surface area contributed by atoms with Crippen LogP contribution in [-0.2, 0) is 0 Å². The fourth-order valence-electron chi connectivity index (χ4n) is 1.17. The predicted molar refractivity (Wildman–Crippen MR) is 49.4 cm³/mol. The van der Waals surface area contributed by atoms with E-state index in [4.69, 9.17) is 4.74 Å². The smallest absolute Gasteiger partial charge is 0.120 e. The molecule has 0 heterocycles.